The molecule has 1 rings (SSSR count). The molecule has 0 atom stereocenters. The molecule has 3 nitrogen and oxygen atoms in total. The van der Waals surface area contributed by atoms with Crippen molar-refractivity contribution in [1.82, 2.24) is 0 Å². The number of halogens is 1. The van der Waals surface area contributed by atoms with Crippen LogP contribution in [-0.2, 0) is 4.74 Å². The molecule has 1 aromatic rings. The Labute approximate surface area is 85.0 Å². The number of carbonyl (C=O) groups is 1. The molecular weight excluding hydrogens is 234 g/mol. The van der Waals surface area contributed by atoms with Crippen LogP contribution in [0.15, 0.2) is 22.7 Å². The van der Waals surface area contributed by atoms with Gasteiger partial charge in [-0.05, 0) is 18.2 Å². The average Bonchev–Trinajstić information content (AvgIpc) is 2.09. The van der Waals surface area contributed by atoms with Crippen LogP contribution in [0.3, 0.4) is 0 Å². The molecule has 4 heteroatoms. The van der Waals surface area contributed by atoms with Gasteiger partial charge in [0.1, 0.15) is 6.61 Å². The summed E-state index contributed by atoms with van der Waals surface area (Å²) in [5.74, 6) is -0.110. The SMILES string of the molecule is COCC(=O)c1cc(Br)ccc1N. The number of benzene rings is 1. The van der Waals surface area contributed by atoms with Gasteiger partial charge in [-0.15, -0.1) is 0 Å². The quantitative estimate of drug-likeness (QED) is 0.652. The Morgan fingerprint density at radius 2 is 2.31 bits per heavy atom. The third kappa shape index (κ3) is 2.54. The number of carbonyl (C=O) groups excluding carboxylic acids is 1. The van der Waals surface area contributed by atoms with Gasteiger partial charge in [0.2, 0.25) is 0 Å². The molecule has 0 bridgehead atoms. The van der Waals surface area contributed by atoms with Gasteiger partial charge < -0.3 is 10.5 Å². The number of hydrogen-bond acceptors (Lipinski definition) is 3. The minimum atomic E-state index is -0.110. The van der Waals surface area contributed by atoms with Gasteiger partial charge in [0.05, 0.1) is 0 Å². The molecule has 0 radical (unpaired) electrons. The first-order valence-electron chi connectivity index (χ1n) is 3.72. The summed E-state index contributed by atoms with van der Waals surface area (Å²) in [7, 11) is 1.48. The molecule has 70 valence electrons. The van der Waals surface area contributed by atoms with Crippen molar-refractivity contribution in [2.75, 3.05) is 19.5 Å². The summed E-state index contributed by atoms with van der Waals surface area (Å²) in [6, 6.07) is 5.17. The van der Waals surface area contributed by atoms with E-state index >= 15 is 0 Å². The Bertz CT molecular complexity index is 325. The van der Waals surface area contributed by atoms with Crippen molar-refractivity contribution in [2.45, 2.75) is 0 Å². The Morgan fingerprint density at radius 1 is 1.62 bits per heavy atom. The van der Waals surface area contributed by atoms with E-state index in [0.717, 1.165) is 4.47 Å². The lowest BCUT2D eigenvalue weighted by molar-refractivity contribution is 0.0849. The lowest BCUT2D eigenvalue weighted by atomic mass is 10.1. The Hall–Kier alpha value is -0.870. The number of nitrogens with two attached hydrogens (primary N) is 1. The molecule has 1 aromatic carbocycles. The minimum absolute atomic E-state index is 0.0562. The average molecular weight is 244 g/mol. The standard InChI is InChI=1S/C9H10BrNO2/c1-13-5-9(12)7-4-6(10)2-3-8(7)11/h2-4H,5,11H2,1H3. The van der Waals surface area contributed by atoms with Gasteiger partial charge in [0, 0.05) is 22.8 Å². The van der Waals surface area contributed by atoms with Crippen LogP contribution in [0.2, 0.25) is 0 Å². The predicted octanol–water partition coefficient (Wildman–Crippen LogP) is 1.86. The predicted molar refractivity (Wildman–Crippen MR) is 54.8 cm³/mol. The molecule has 0 aromatic heterocycles. The second kappa shape index (κ2) is 4.39. The van der Waals surface area contributed by atoms with Crippen molar-refractivity contribution < 1.29 is 9.53 Å². The number of hydrogen-bond donors (Lipinski definition) is 1. The van der Waals surface area contributed by atoms with E-state index in [0.29, 0.717) is 11.3 Å². The number of ether oxygens (including phenoxy) is 1. The fraction of sp³-hybridized carbons (Fsp3) is 0.222. The van der Waals surface area contributed by atoms with E-state index in [2.05, 4.69) is 15.9 Å². The van der Waals surface area contributed by atoms with E-state index in [9.17, 15) is 4.79 Å². The van der Waals surface area contributed by atoms with Gasteiger partial charge in [0.25, 0.3) is 0 Å². The van der Waals surface area contributed by atoms with E-state index in [1.807, 2.05) is 0 Å². The van der Waals surface area contributed by atoms with Crippen LogP contribution in [0.5, 0.6) is 0 Å². The molecule has 0 aliphatic carbocycles. The molecule has 2 N–H and O–H groups in total. The summed E-state index contributed by atoms with van der Waals surface area (Å²) in [6.07, 6.45) is 0. The van der Waals surface area contributed by atoms with Crippen molar-refractivity contribution >= 4 is 27.4 Å². The number of nitrogen functional groups attached to an aromatic ring is 1. The molecule has 0 amide bonds. The molecule has 0 spiro atoms. The van der Waals surface area contributed by atoms with E-state index in [4.69, 9.17) is 10.5 Å². The summed E-state index contributed by atoms with van der Waals surface area (Å²) in [4.78, 5) is 11.4. The van der Waals surface area contributed by atoms with Crippen LogP contribution in [0, 0.1) is 0 Å². The molecule has 0 fully saturated rings. The van der Waals surface area contributed by atoms with Gasteiger partial charge in [-0.3, -0.25) is 4.79 Å². The molecule has 0 unspecified atom stereocenters. The zero-order valence-electron chi connectivity index (χ0n) is 7.21. The number of rotatable bonds is 3. The van der Waals surface area contributed by atoms with Gasteiger partial charge in [-0.25, -0.2) is 0 Å². The zero-order chi connectivity index (χ0) is 9.84. The number of Topliss-reactive ketones (excluding diaryl/α,β-unsaturated/α-hetero) is 1. The summed E-state index contributed by atoms with van der Waals surface area (Å²) in [5, 5.41) is 0. The molecular formula is C9H10BrNO2. The fourth-order valence-corrected chi connectivity index (χ4v) is 1.34. The van der Waals surface area contributed by atoms with Crippen molar-refractivity contribution in [3.63, 3.8) is 0 Å². The lowest BCUT2D eigenvalue weighted by Gasteiger charge is -2.03. The summed E-state index contributed by atoms with van der Waals surface area (Å²) >= 11 is 3.27. The third-order valence-electron chi connectivity index (χ3n) is 1.59. The van der Waals surface area contributed by atoms with Crippen LogP contribution in [0.4, 0.5) is 5.69 Å². The van der Waals surface area contributed by atoms with E-state index in [-0.39, 0.29) is 12.4 Å². The Kier molecular flexibility index (Phi) is 3.45. The number of methoxy groups -OCH3 is 1. The first kappa shape index (κ1) is 10.2. The monoisotopic (exact) mass is 243 g/mol. The molecule has 13 heavy (non-hydrogen) atoms. The number of anilines is 1. The van der Waals surface area contributed by atoms with Crippen LogP contribution in [0.1, 0.15) is 10.4 Å². The first-order chi connectivity index (χ1) is 6.15. The number of ketones is 1. The third-order valence-corrected chi connectivity index (χ3v) is 2.08. The maximum absolute atomic E-state index is 11.4. The second-order valence-corrected chi connectivity index (χ2v) is 3.50. The maximum atomic E-state index is 11.4. The Balaban J connectivity index is 2.99. The first-order valence-corrected chi connectivity index (χ1v) is 4.51. The van der Waals surface area contributed by atoms with Crippen molar-refractivity contribution in [1.29, 1.82) is 0 Å². The van der Waals surface area contributed by atoms with Crippen LogP contribution < -0.4 is 5.73 Å². The molecule has 0 saturated heterocycles. The normalized spacial score (nSPS) is 10.0. The van der Waals surface area contributed by atoms with Crippen molar-refractivity contribution in [3.8, 4) is 0 Å². The van der Waals surface area contributed by atoms with Gasteiger partial charge >= 0.3 is 0 Å². The van der Waals surface area contributed by atoms with Crippen LogP contribution in [-0.4, -0.2) is 19.5 Å². The summed E-state index contributed by atoms with van der Waals surface area (Å²) < 4.78 is 5.57. The largest absolute Gasteiger partial charge is 0.398 e. The van der Waals surface area contributed by atoms with E-state index in [1.165, 1.54) is 7.11 Å². The summed E-state index contributed by atoms with van der Waals surface area (Å²) in [6.45, 7) is 0.0562. The fourth-order valence-electron chi connectivity index (χ4n) is 0.979. The van der Waals surface area contributed by atoms with E-state index < -0.39 is 0 Å². The molecule has 0 aliphatic heterocycles. The highest BCUT2D eigenvalue weighted by Gasteiger charge is 2.09. The van der Waals surface area contributed by atoms with Gasteiger partial charge in [0.15, 0.2) is 5.78 Å². The highest BCUT2D eigenvalue weighted by atomic mass is 79.9. The lowest BCUT2D eigenvalue weighted by Crippen LogP contribution is -2.09. The molecule has 0 heterocycles. The van der Waals surface area contributed by atoms with Crippen LogP contribution in [0.25, 0.3) is 0 Å². The zero-order valence-corrected chi connectivity index (χ0v) is 8.80. The highest BCUT2D eigenvalue weighted by Crippen LogP contribution is 2.18. The highest BCUT2D eigenvalue weighted by molar-refractivity contribution is 9.10. The summed E-state index contributed by atoms with van der Waals surface area (Å²) in [5.41, 5.74) is 6.60. The van der Waals surface area contributed by atoms with Crippen molar-refractivity contribution in [2.24, 2.45) is 0 Å². The topological polar surface area (TPSA) is 52.3 Å². The minimum Gasteiger partial charge on any atom is -0.398 e. The molecule has 0 aliphatic rings. The maximum Gasteiger partial charge on any atom is 0.190 e. The van der Waals surface area contributed by atoms with Gasteiger partial charge in [-0.1, -0.05) is 15.9 Å². The second-order valence-electron chi connectivity index (χ2n) is 2.59. The van der Waals surface area contributed by atoms with Crippen molar-refractivity contribution in [3.05, 3.63) is 28.2 Å². The Morgan fingerprint density at radius 3 is 2.92 bits per heavy atom. The van der Waals surface area contributed by atoms with E-state index in [1.54, 1.807) is 18.2 Å². The van der Waals surface area contributed by atoms with Crippen LogP contribution >= 0.6 is 15.9 Å². The smallest absolute Gasteiger partial charge is 0.190 e. The molecule has 0 saturated carbocycles. The van der Waals surface area contributed by atoms with Gasteiger partial charge in [-0.2, -0.15) is 0 Å².